The van der Waals surface area contributed by atoms with Gasteiger partial charge in [0.1, 0.15) is 17.2 Å². The van der Waals surface area contributed by atoms with E-state index < -0.39 is 18.2 Å². The Morgan fingerprint density at radius 3 is 2.12 bits per heavy atom. The van der Waals surface area contributed by atoms with E-state index in [1.807, 2.05) is 13.8 Å². The van der Waals surface area contributed by atoms with E-state index in [0.29, 0.717) is 40.9 Å². The summed E-state index contributed by atoms with van der Waals surface area (Å²) in [7, 11) is 4.85. The number of hydrogen-bond acceptors (Lipinski definition) is 8. The molecule has 13 heteroatoms. The molecule has 3 aromatic rings. The summed E-state index contributed by atoms with van der Waals surface area (Å²) < 4.78 is 23.1. The van der Waals surface area contributed by atoms with Crippen molar-refractivity contribution in [2.24, 2.45) is 5.92 Å². The summed E-state index contributed by atoms with van der Waals surface area (Å²) in [6.45, 7) is 6.38. The molecule has 0 saturated carbocycles. The molecule has 5 amide bonds. The molecule has 4 rings (SSSR count). The lowest BCUT2D eigenvalue weighted by molar-refractivity contribution is -0.0115. The van der Waals surface area contributed by atoms with Crippen molar-refractivity contribution >= 4 is 35.0 Å². The van der Waals surface area contributed by atoms with Crippen LogP contribution in [0.15, 0.2) is 66.7 Å². The van der Waals surface area contributed by atoms with Crippen molar-refractivity contribution in [3.63, 3.8) is 0 Å². The molecule has 4 atom stereocenters. The van der Waals surface area contributed by atoms with Crippen LogP contribution in [-0.4, -0.2) is 98.7 Å². The third-order valence-corrected chi connectivity index (χ3v) is 8.80. The molecule has 51 heavy (non-hydrogen) atoms. The van der Waals surface area contributed by atoms with Gasteiger partial charge in [-0.25, -0.2) is 9.59 Å². The van der Waals surface area contributed by atoms with E-state index in [9.17, 15) is 19.5 Å². The summed E-state index contributed by atoms with van der Waals surface area (Å²) in [4.78, 5) is 43.6. The fourth-order valence-corrected chi connectivity index (χ4v) is 5.68. The number of carbonyl (C=O) groups excluding carboxylic acids is 3. The number of amides is 5. The van der Waals surface area contributed by atoms with Crippen LogP contribution in [0.1, 0.15) is 50.4 Å². The molecule has 0 radical (unpaired) electrons. The number of likely N-dealkylation sites (N-methyl/N-ethyl adjacent to an activating group) is 1. The number of rotatable bonds is 9. The van der Waals surface area contributed by atoms with Gasteiger partial charge in [-0.2, -0.15) is 0 Å². The monoisotopic (exact) mass is 705 g/mol. The minimum absolute atomic E-state index is 0.206. The van der Waals surface area contributed by atoms with Crippen molar-refractivity contribution in [1.82, 2.24) is 9.80 Å². The topological polar surface area (TPSA) is 151 Å². The van der Waals surface area contributed by atoms with Crippen LogP contribution in [0.25, 0.3) is 0 Å². The van der Waals surface area contributed by atoms with Crippen molar-refractivity contribution in [2.75, 3.05) is 63.5 Å². The maximum atomic E-state index is 14.4. The molecule has 0 spiro atoms. The van der Waals surface area contributed by atoms with Gasteiger partial charge < -0.3 is 49.8 Å². The van der Waals surface area contributed by atoms with Gasteiger partial charge in [0, 0.05) is 49.7 Å². The standard InChI is InChI=1S/C38H51N5O8/c1-25-22-43(26(2)24-44)36(45)33-21-30(40-37(46)39-28-10-15-31(48-5)16-11-28)14-19-34(33)51-27(3)9-7-8-20-50-35(25)23-42(4)38(47)41-29-12-17-32(49-6)18-13-29/h10-19,21,25-27,35,44H,7-9,20,22-24H2,1-6H3,(H,41,47)(H2,39,40,46)/t25-,26-,27+,35-/m0/s1. The second-order valence-electron chi connectivity index (χ2n) is 12.9. The van der Waals surface area contributed by atoms with Crippen molar-refractivity contribution in [1.29, 1.82) is 0 Å². The minimum Gasteiger partial charge on any atom is -0.497 e. The molecule has 3 aromatic carbocycles. The first-order valence-corrected chi connectivity index (χ1v) is 17.2. The summed E-state index contributed by atoms with van der Waals surface area (Å²) in [5.74, 6) is 1.13. The Kier molecular flexibility index (Phi) is 14.3. The number of nitrogens with one attached hydrogen (secondary N) is 3. The van der Waals surface area contributed by atoms with E-state index >= 15 is 0 Å². The lowest BCUT2D eigenvalue weighted by Crippen LogP contribution is -2.48. The van der Waals surface area contributed by atoms with Gasteiger partial charge in [-0.3, -0.25) is 4.79 Å². The van der Waals surface area contributed by atoms with Gasteiger partial charge in [-0.05, 0) is 99.8 Å². The van der Waals surface area contributed by atoms with E-state index in [2.05, 4.69) is 16.0 Å². The first-order valence-electron chi connectivity index (χ1n) is 17.2. The average molecular weight is 706 g/mol. The SMILES string of the molecule is COc1ccc(NC(=O)Nc2ccc3c(c2)C(=O)N([C@@H](C)CO)C[C@H](C)[C@H](CN(C)C(=O)Nc2ccc(OC)cc2)OCCCC[C@@H](C)O3)cc1. The number of methoxy groups -OCH3 is 2. The number of benzene rings is 3. The molecule has 4 N–H and O–H groups in total. The average Bonchev–Trinajstić information content (AvgIpc) is 3.13. The van der Waals surface area contributed by atoms with Gasteiger partial charge in [0.2, 0.25) is 0 Å². The van der Waals surface area contributed by atoms with Crippen LogP contribution >= 0.6 is 0 Å². The normalized spacial score (nSPS) is 19.0. The second-order valence-corrected chi connectivity index (χ2v) is 12.9. The van der Waals surface area contributed by atoms with Gasteiger partial charge in [0.05, 0.1) is 44.6 Å². The third kappa shape index (κ3) is 11.2. The lowest BCUT2D eigenvalue weighted by Gasteiger charge is -2.35. The van der Waals surface area contributed by atoms with Crippen LogP contribution in [0.2, 0.25) is 0 Å². The molecule has 0 bridgehead atoms. The maximum Gasteiger partial charge on any atom is 0.323 e. The lowest BCUT2D eigenvalue weighted by atomic mass is 10.0. The largest absolute Gasteiger partial charge is 0.497 e. The maximum absolute atomic E-state index is 14.4. The summed E-state index contributed by atoms with van der Waals surface area (Å²) in [5.41, 5.74) is 1.84. The van der Waals surface area contributed by atoms with E-state index in [4.69, 9.17) is 18.9 Å². The highest BCUT2D eigenvalue weighted by Gasteiger charge is 2.31. The molecule has 13 nitrogen and oxygen atoms in total. The highest BCUT2D eigenvalue weighted by Crippen LogP contribution is 2.29. The predicted octanol–water partition coefficient (Wildman–Crippen LogP) is 6.31. The highest BCUT2D eigenvalue weighted by molar-refractivity contribution is 6.02. The molecule has 276 valence electrons. The first-order chi connectivity index (χ1) is 24.5. The van der Waals surface area contributed by atoms with Crippen LogP contribution in [0, 0.1) is 5.92 Å². The van der Waals surface area contributed by atoms with Crippen LogP contribution in [0.4, 0.5) is 26.7 Å². The number of ether oxygens (including phenoxy) is 4. The molecule has 1 aliphatic heterocycles. The second kappa shape index (κ2) is 18.8. The molecule has 0 unspecified atom stereocenters. The van der Waals surface area contributed by atoms with E-state index in [1.54, 1.807) is 105 Å². The number of aliphatic hydroxyl groups excluding tert-OH is 1. The van der Waals surface area contributed by atoms with Crippen molar-refractivity contribution in [3.05, 3.63) is 72.3 Å². The predicted molar refractivity (Wildman–Crippen MR) is 197 cm³/mol. The minimum atomic E-state index is -0.551. The van der Waals surface area contributed by atoms with Crippen molar-refractivity contribution < 1.29 is 38.4 Å². The Bertz CT molecular complexity index is 1590. The molecule has 1 aliphatic rings. The molecule has 0 aromatic heterocycles. The van der Waals surface area contributed by atoms with Gasteiger partial charge in [-0.15, -0.1) is 0 Å². The smallest absolute Gasteiger partial charge is 0.323 e. The van der Waals surface area contributed by atoms with Crippen molar-refractivity contribution in [2.45, 2.75) is 58.3 Å². The Balaban J connectivity index is 1.55. The number of anilines is 3. The first kappa shape index (κ1) is 38.8. The molecular formula is C38H51N5O8. The fraction of sp³-hybridized carbons (Fsp3) is 0.447. The highest BCUT2D eigenvalue weighted by atomic mass is 16.5. The number of urea groups is 2. The van der Waals surface area contributed by atoms with Crippen LogP contribution in [0.5, 0.6) is 17.2 Å². The quantitative estimate of drug-likeness (QED) is 0.202. The van der Waals surface area contributed by atoms with Gasteiger partial charge in [0.25, 0.3) is 5.91 Å². The van der Waals surface area contributed by atoms with Crippen LogP contribution < -0.4 is 30.2 Å². The molecular weight excluding hydrogens is 654 g/mol. The Morgan fingerprint density at radius 2 is 1.51 bits per heavy atom. The zero-order valence-electron chi connectivity index (χ0n) is 30.3. The zero-order chi connectivity index (χ0) is 36.9. The zero-order valence-corrected chi connectivity index (χ0v) is 30.3. The number of fused-ring (bicyclic) bond motifs is 1. The van der Waals surface area contributed by atoms with Gasteiger partial charge >= 0.3 is 12.1 Å². The van der Waals surface area contributed by atoms with E-state index in [-0.39, 0.29) is 49.2 Å². The van der Waals surface area contributed by atoms with Gasteiger partial charge in [0.15, 0.2) is 0 Å². The van der Waals surface area contributed by atoms with E-state index in [0.717, 1.165) is 19.3 Å². The number of hydrogen-bond donors (Lipinski definition) is 4. The number of nitrogens with zero attached hydrogens (tertiary/aromatic N) is 2. The molecule has 1 heterocycles. The summed E-state index contributed by atoms with van der Waals surface area (Å²) in [5, 5.41) is 18.7. The number of aliphatic hydroxyl groups is 1. The molecule has 0 fully saturated rings. The van der Waals surface area contributed by atoms with Crippen LogP contribution in [-0.2, 0) is 4.74 Å². The van der Waals surface area contributed by atoms with Crippen molar-refractivity contribution in [3.8, 4) is 17.2 Å². The van der Waals surface area contributed by atoms with E-state index in [1.165, 1.54) is 0 Å². The van der Waals surface area contributed by atoms with Crippen LogP contribution in [0.3, 0.4) is 0 Å². The molecule has 0 aliphatic carbocycles. The third-order valence-electron chi connectivity index (χ3n) is 8.80. The summed E-state index contributed by atoms with van der Waals surface area (Å²) >= 11 is 0. The van der Waals surface area contributed by atoms with Gasteiger partial charge in [-0.1, -0.05) is 6.92 Å². The Hall–Kier alpha value is -5.01. The number of carbonyl (C=O) groups is 3. The fourth-order valence-electron chi connectivity index (χ4n) is 5.68. The summed E-state index contributed by atoms with van der Waals surface area (Å²) in [6.07, 6.45) is 1.72. The molecule has 0 saturated heterocycles. The summed E-state index contributed by atoms with van der Waals surface area (Å²) in [6, 6.07) is 17.6. The Labute approximate surface area is 300 Å². The Morgan fingerprint density at radius 1 is 0.922 bits per heavy atom.